The molecule has 1 atom stereocenters. The van der Waals surface area contributed by atoms with E-state index in [1.54, 1.807) is 0 Å². The van der Waals surface area contributed by atoms with Crippen LogP contribution in [-0.4, -0.2) is 37.6 Å². The molecule has 0 aromatic carbocycles. The van der Waals surface area contributed by atoms with E-state index in [2.05, 4.69) is 44.8 Å². The Hall–Kier alpha value is -0.0800. The van der Waals surface area contributed by atoms with Crippen LogP contribution >= 0.6 is 0 Å². The molecule has 1 N–H and O–H groups in total. The van der Waals surface area contributed by atoms with E-state index in [4.69, 9.17) is 0 Å². The van der Waals surface area contributed by atoms with Crippen molar-refractivity contribution in [2.75, 3.05) is 32.7 Å². The highest BCUT2D eigenvalue weighted by molar-refractivity contribution is 4.92. The van der Waals surface area contributed by atoms with Gasteiger partial charge in [-0.3, -0.25) is 0 Å². The molecule has 2 aliphatic rings. The summed E-state index contributed by atoms with van der Waals surface area (Å²) in [5.41, 5.74) is 1.03. The predicted molar refractivity (Wildman–Crippen MR) is 92.6 cm³/mol. The normalized spacial score (nSPS) is 35.3. The lowest BCUT2D eigenvalue weighted by Crippen LogP contribution is -2.46. The lowest BCUT2D eigenvalue weighted by molar-refractivity contribution is 0.0927. The molecule has 0 bridgehead atoms. The lowest BCUT2D eigenvalue weighted by atomic mass is 9.70. The molecule has 1 saturated carbocycles. The van der Waals surface area contributed by atoms with Gasteiger partial charge in [0.05, 0.1) is 0 Å². The molecule has 2 nitrogen and oxygen atoms in total. The average molecular weight is 295 g/mol. The van der Waals surface area contributed by atoms with Crippen molar-refractivity contribution in [3.63, 3.8) is 0 Å². The van der Waals surface area contributed by atoms with Gasteiger partial charge in [0.1, 0.15) is 0 Å². The minimum Gasteiger partial charge on any atom is -0.316 e. The summed E-state index contributed by atoms with van der Waals surface area (Å²) in [4.78, 5) is 2.78. The van der Waals surface area contributed by atoms with Gasteiger partial charge in [0.2, 0.25) is 0 Å². The van der Waals surface area contributed by atoms with E-state index in [9.17, 15) is 0 Å². The van der Waals surface area contributed by atoms with Crippen molar-refractivity contribution in [2.24, 2.45) is 22.7 Å². The molecule has 0 aromatic heterocycles. The maximum Gasteiger partial charge on any atom is 0.00503 e. The van der Waals surface area contributed by atoms with Gasteiger partial charge in [-0.15, -0.1) is 0 Å². The van der Waals surface area contributed by atoms with E-state index in [0.717, 1.165) is 18.4 Å². The number of nitrogens with zero attached hydrogens (tertiary/aromatic N) is 1. The van der Waals surface area contributed by atoms with Crippen LogP contribution in [0, 0.1) is 22.7 Å². The topological polar surface area (TPSA) is 15.3 Å². The van der Waals surface area contributed by atoms with Gasteiger partial charge in [-0.2, -0.15) is 0 Å². The molecule has 1 aliphatic heterocycles. The Kier molecular flexibility index (Phi) is 5.76. The third-order valence-corrected chi connectivity index (χ3v) is 6.14. The van der Waals surface area contributed by atoms with Crippen LogP contribution in [0.3, 0.4) is 0 Å². The Labute approximate surface area is 133 Å². The van der Waals surface area contributed by atoms with E-state index in [1.165, 1.54) is 58.3 Å². The number of hydrogen-bond acceptors (Lipinski definition) is 2. The standard InChI is InChI=1S/C19H38N2/c1-6-20-14-19(10-7-16(2)8-11-19)15-21-12-9-17(13-21)18(3,4)5/h16-17,20H,6-15H2,1-5H3. The van der Waals surface area contributed by atoms with Gasteiger partial charge in [-0.25, -0.2) is 0 Å². The van der Waals surface area contributed by atoms with Crippen LogP contribution < -0.4 is 5.32 Å². The first-order valence-corrected chi connectivity index (χ1v) is 9.28. The van der Waals surface area contributed by atoms with Crippen LogP contribution in [-0.2, 0) is 0 Å². The molecule has 2 fully saturated rings. The Morgan fingerprint density at radius 3 is 2.33 bits per heavy atom. The fourth-order valence-corrected chi connectivity index (χ4v) is 4.31. The van der Waals surface area contributed by atoms with Gasteiger partial charge in [-0.1, -0.05) is 47.5 Å². The fraction of sp³-hybridized carbons (Fsp3) is 1.00. The summed E-state index contributed by atoms with van der Waals surface area (Å²) in [6, 6.07) is 0. The van der Waals surface area contributed by atoms with E-state index in [0.29, 0.717) is 10.8 Å². The Morgan fingerprint density at radius 1 is 1.14 bits per heavy atom. The van der Waals surface area contributed by atoms with Gasteiger partial charge in [-0.05, 0) is 55.0 Å². The molecular formula is C19H38N2. The maximum absolute atomic E-state index is 3.66. The smallest absolute Gasteiger partial charge is 0.00503 e. The largest absolute Gasteiger partial charge is 0.316 e. The number of likely N-dealkylation sites (tertiary alicyclic amines) is 1. The van der Waals surface area contributed by atoms with E-state index in [1.807, 2.05) is 0 Å². The molecule has 2 heteroatoms. The van der Waals surface area contributed by atoms with Crippen molar-refractivity contribution in [1.29, 1.82) is 0 Å². The zero-order valence-electron chi connectivity index (χ0n) is 15.2. The second-order valence-electron chi connectivity index (χ2n) is 9.05. The molecule has 0 amide bonds. The second kappa shape index (κ2) is 7.00. The molecule has 1 unspecified atom stereocenters. The highest BCUT2D eigenvalue weighted by Gasteiger charge is 2.39. The third-order valence-electron chi connectivity index (χ3n) is 6.14. The minimum atomic E-state index is 0.477. The molecule has 0 aromatic rings. The van der Waals surface area contributed by atoms with Crippen molar-refractivity contribution in [1.82, 2.24) is 10.2 Å². The summed E-state index contributed by atoms with van der Waals surface area (Å²) in [6.45, 7) is 18.2. The number of rotatable bonds is 5. The van der Waals surface area contributed by atoms with Crippen LogP contribution in [0.5, 0.6) is 0 Å². The molecule has 2 rings (SSSR count). The van der Waals surface area contributed by atoms with Crippen LogP contribution in [0.2, 0.25) is 0 Å². The van der Waals surface area contributed by atoms with Gasteiger partial charge < -0.3 is 10.2 Å². The molecule has 21 heavy (non-hydrogen) atoms. The third kappa shape index (κ3) is 4.69. The predicted octanol–water partition coefficient (Wildman–Crippen LogP) is 4.16. The van der Waals surface area contributed by atoms with Crippen molar-refractivity contribution in [2.45, 2.75) is 66.7 Å². The number of nitrogens with one attached hydrogen (secondary N) is 1. The van der Waals surface area contributed by atoms with Crippen LogP contribution in [0.4, 0.5) is 0 Å². The summed E-state index contributed by atoms with van der Waals surface area (Å²) in [6.07, 6.45) is 7.12. The zero-order valence-corrected chi connectivity index (χ0v) is 15.2. The molecule has 1 heterocycles. The molecule has 1 saturated heterocycles. The summed E-state index contributed by atoms with van der Waals surface area (Å²) in [5.74, 6) is 1.83. The Bertz CT molecular complexity index is 305. The van der Waals surface area contributed by atoms with Crippen molar-refractivity contribution in [3.05, 3.63) is 0 Å². The van der Waals surface area contributed by atoms with Gasteiger partial charge in [0, 0.05) is 19.6 Å². The molecule has 1 aliphatic carbocycles. The lowest BCUT2D eigenvalue weighted by Gasteiger charge is -2.42. The van der Waals surface area contributed by atoms with E-state index >= 15 is 0 Å². The van der Waals surface area contributed by atoms with Crippen LogP contribution in [0.15, 0.2) is 0 Å². The Morgan fingerprint density at radius 2 is 1.81 bits per heavy atom. The van der Waals surface area contributed by atoms with E-state index in [-0.39, 0.29) is 0 Å². The van der Waals surface area contributed by atoms with Gasteiger partial charge in [0.25, 0.3) is 0 Å². The van der Waals surface area contributed by atoms with Gasteiger partial charge in [0.15, 0.2) is 0 Å². The highest BCUT2D eigenvalue weighted by atomic mass is 15.2. The average Bonchev–Trinajstić information content (AvgIpc) is 2.88. The van der Waals surface area contributed by atoms with Crippen LogP contribution in [0.1, 0.15) is 66.7 Å². The molecule has 124 valence electrons. The summed E-state index contributed by atoms with van der Waals surface area (Å²) in [7, 11) is 0. The summed E-state index contributed by atoms with van der Waals surface area (Å²) < 4.78 is 0. The Balaban J connectivity index is 1.93. The maximum atomic E-state index is 3.66. The minimum absolute atomic E-state index is 0.477. The molecule has 0 spiro atoms. The summed E-state index contributed by atoms with van der Waals surface area (Å²) >= 11 is 0. The fourth-order valence-electron chi connectivity index (χ4n) is 4.31. The first-order chi connectivity index (χ1) is 9.85. The monoisotopic (exact) mass is 294 g/mol. The van der Waals surface area contributed by atoms with Crippen molar-refractivity contribution >= 4 is 0 Å². The van der Waals surface area contributed by atoms with Gasteiger partial charge >= 0.3 is 0 Å². The van der Waals surface area contributed by atoms with Crippen molar-refractivity contribution < 1.29 is 0 Å². The van der Waals surface area contributed by atoms with Crippen LogP contribution in [0.25, 0.3) is 0 Å². The quantitative estimate of drug-likeness (QED) is 0.819. The molecule has 0 radical (unpaired) electrons. The SMILES string of the molecule is CCNCC1(CN2CCC(C(C)(C)C)C2)CCC(C)CC1. The second-order valence-corrected chi connectivity index (χ2v) is 9.05. The molecular weight excluding hydrogens is 256 g/mol. The first-order valence-electron chi connectivity index (χ1n) is 9.28. The number of hydrogen-bond donors (Lipinski definition) is 1. The van der Waals surface area contributed by atoms with Crippen molar-refractivity contribution in [3.8, 4) is 0 Å². The summed E-state index contributed by atoms with van der Waals surface area (Å²) in [5, 5.41) is 3.66. The van der Waals surface area contributed by atoms with E-state index < -0.39 is 0 Å². The zero-order chi connectivity index (χ0) is 15.5. The first kappa shape index (κ1) is 17.3. The highest BCUT2D eigenvalue weighted by Crippen LogP contribution is 2.41.